The van der Waals surface area contributed by atoms with Gasteiger partial charge in [-0.1, -0.05) is 30.3 Å². The highest BCUT2D eigenvalue weighted by Crippen LogP contribution is 2.30. The van der Waals surface area contributed by atoms with Gasteiger partial charge < -0.3 is 11.1 Å². The maximum atomic E-state index is 6.03. The Bertz CT molecular complexity index is 597. The normalized spacial score (nSPS) is 16.5. The molecule has 1 unspecified atom stereocenters. The maximum Gasteiger partial charge on any atom is 0.133 e. The van der Waals surface area contributed by atoms with Crippen molar-refractivity contribution in [3.05, 3.63) is 53.5 Å². The highest BCUT2D eigenvalue weighted by Gasteiger charge is 2.27. The fraction of sp³-hybridized carbons (Fsp3) is 0.375. The molecular formula is C16H20N4. The average molecular weight is 268 g/mol. The van der Waals surface area contributed by atoms with Crippen LogP contribution in [0.25, 0.3) is 0 Å². The molecule has 1 aliphatic carbocycles. The first-order chi connectivity index (χ1) is 9.73. The number of aryl methyl sites for hydroxylation is 1. The summed E-state index contributed by atoms with van der Waals surface area (Å²) in [5, 5.41) is 3.55. The van der Waals surface area contributed by atoms with Crippen molar-refractivity contribution in [1.82, 2.24) is 9.97 Å². The molecule has 0 bridgehead atoms. The van der Waals surface area contributed by atoms with Crippen LogP contribution >= 0.6 is 0 Å². The van der Waals surface area contributed by atoms with Crippen molar-refractivity contribution in [1.29, 1.82) is 0 Å². The number of hydrogen-bond acceptors (Lipinski definition) is 4. The zero-order valence-corrected chi connectivity index (χ0v) is 11.8. The molecule has 104 valence electrons. The lowest BCUT2D eigenvalue weighted by Gasteiger charge is -2.31. The van der Waals surface area contributed by atoms with Crippen LogP contribution in [0, 0.1) is 0 Å². The summed E-state index contributed by atoms with van der Waals surface area (Å²) in [6, 6.07) is 10.3. The molecule has 0 radical (unpaired) electrons. The molecule has 0 amide bonds. The first kappa shape index (κ1) is 13.1. The summed E-state index contributed by atoms with van der Waals surface area (Å²) in [4.78, 5) is 8.80. The van der Waals surface area contributed by atoms with E-state index in [2.05, 4.69) is 34.3 Å². The number of nitrogens with zero attached hydrogens (tertiary/aromatic N) is 2. The fourth-order valence-electron chi connectivity index (χ4n) is 2.78. The van der Waals surface area contributed by atoms with E-state index in [9.17, 15) is 0 Å². The third-order valence-electron chi connectivity index (χ3n) is 4.09. The van der Waals surface area contributed by atoms with Crippen molar-refractivity contribution < 1.29 is 0 Å². The zero-order chi connectivity index (χ0) is 14.0. The summed E-state index contributed by atoms with van der Waals surface area (Å²) in [7, 11) is 0. The van der Waals surface area contributed by atoms with Crippen LogP contribution in [0.15, 0.2) is 36.7 Å². The van der Waals surface area contributed by atoms with Crippen LogP contribution in [0.5, 0.6) is 0 Å². The van der Waals surface area contributed by atoms with E-state index >= 15 is 0 Å². The van der Waals surface area contributed by atoms with Crippen LogP contribution in [-0.2, 0) is 18.4 Å². The Labute approximate surface area is 119 Å². The molecule has 1 atom stereocenters. The topological polar surface area (TPSA) is 63.8 Å². The molecule has 3 N–H and O–H groups in total. The van der Waals surface area contributed by atoms with E-state index < -0.39 is 0 Å². The number of aromatic nitrogens is 2. The lowest BCUT2D eigenvalue weighted by Crippen LogP contribution is -2.40. The number of fused-ring (bicyclic) bond motifs is 1. The van der Waals surface area contributed by atoms with E-state index in [1.54, 1.807) is 6.33 Å². The molecule has 1 heterocycles. The Morgan fingerprint density at radius 2 is 2.00 bits per heavy atom. The number of nitrogens with two attached hydrogens (primary N) is 1. The quantitative estimate of drug-likeness (QED) is 0.892. The molecular weight excluding hydrogens is 248 g/mol. The minimum absolute atomic E-state index is 0.314. The standard InChI is InChI=1S/C16H20N4/c1-16(10-17,12-6-3-2-4-7-12)20-15-13-8-5-9-14(13)18-11-19-15/h2-4,6-7,11H,5,8-10,17H2,1H3,(H,18,19,20). The fourth-order valence-corrected chi connectivity index (χ4v) is 2.78. The van der Waals surface area contributed by atoms with Gasteiger partial charge in [0.15, 0.2) is 0 Å². The lowest BCUT2D eigenvalue weighted by atomic mass is 9.92. The van der Waals surface area contributed by atoms with Gasteiger partial charge in [0.05, 0.1) is 5.54 Å². The second-order valence-corrected chi connectivity index (χ2v) is 5.53. The summed E-state index contributed by atoms with van der Waals surface area (Å²) in [5.74, 6) is 0.935. The molecule has 20 heavy (non-hydrogen) atoms. The molecule has 4 heteroatoms. The largest absolute Gasteiger partial charge is 0.359 e. The predicted molar refractivity (Wildman–Crippen MR) is 80.5 cm³/mol. The van der Waals surface area contributed by atoms with Crippen molar-refractivity contribution in [2.24, 2.45) is 5.73 Å². The van der Waals surface area contributed by atoms with Gasteiger partial charge in [-0.05, 0) is 31.7 Å². The Kier molecular flexibility index (Phi) is 3.40. The second-order valence-electron chi connectivity index (χ2n) is 5.53. The van der Waals surface area contributed by atoms with Crippen LogP contribution in [-0.4, -0.2) is 16.5 Å². The van der Waals surface area contributed by atoms with Gasteiger partial charge in [-0.15, -0.1) is 0 Å². The number of rotatable bonds is 4. The third-order valence-corrected chi connectivity index (χ3v) is 4.09. The minimum atomic E-state index is -0.314. The molecule has 0 aliphatic heterocycles. The van der Waals surface area contributed by atoms with Gasteiger partial charge in [0.2, 0.25) is 0 Å². The maximum absolute atomic E-state index is 6.03. The Morgan fingerprint density at radius 3 is 2.75 bits per heavy atom. The van der Waals surface area contributed by atoms with Crippen LogP contribution < -0.4 is 11.1 Å². The van der Waals surface area contributed by atoms with E-state index in [4.69, 9.17) is 5.73 Å². The summed E-state index contributed by atoms with van der Waals surface area (Å²) in [6.07, 6.45) is 4.91. The summed E-state index contributed by atoms with van der Waals surface area (Å²) >= 11 is 0. The number of hydrogen-bond donors (Lipinski definition) is 2. The highest BCUT2D eigenvalue weighted by atomic mass is 15.1. The summed E-state index contributed by atoms with van der Waals surface area (Å²) < 4.78 is 0. The molecule has 4 nitrogen and oxygen atoms in total. The first-order valence-corrected chi connectivity index (χ1v) is 7.09. The van der Waals surface area contributed by atoms with Gasteiger partial charge in [-0.2, -0.15) is 0 Å². The van der Waals surface area contributed by atoms with E-state index in [1.807, 2.05) is 18.2 Å². The Hall–Kier alpha value is -1.94. The number of nitrogens with one attached hydrogen (secondary N) is 1. The number of benzene rings is 1. The van der Waals surface area contributed by atoms with Crippen molar-refractivity contribution in [2.75, 3.05) is 11.9 Å². The molecule has 0 fully saturated rings. The second kappa shape index (κ2) is 5.21. The van der Waals surface area contributed by atoms with E-state index in [-0.39, 0.29) is 5.54 Å². The van der Waals surface area contributed by atoms with Gasteiger partial charge in [0.25, 0.3) is 0 Å². The summed E-state index contributed by atoms with van der Waals surface area (Å²) in [6.45, 7) is 2.63. The Morgan fingerprint density at radius 1 is 1.20 bits per heavy atom. The third kappa shape index (κ3) is 2.27. The molecule has 1 aromatic heterocycles. The predicted octanol–water partition coefficient (Wildman–Crippen LogP) is 2.25. The van der Waals surface area contributed by atoms with Crippen LogP contribution in [0.1, 0.15) is 30.2 Å². The van der Waals surface area contributed by atoms with Gasteiger partial charge in [0.1, 0.15) is 12.1 Å². The molecule has 1 aromatic carbocycles. The van der Waals surface area contributed by atoms with Crippen molar-refractivity contribution in [2.45, 2.75) is 31.7 Å². The zero-order valence-electron chi connectivity index (χ0n) is 11.8. The minimum Gasteiger partial charge on any atom is -0.359 e. The first-order valence-electron chi connectivity index (χ1n) is 7.09. The van der Waals surface area contributed by atoms with Crippen LogP contribution in [0.3, 0.4) is 0 Å². The van der Waals surface area contributed by atoms with Crippen molar-refractivity contribution in [3.8, 4) is 0 Å². The van der Waals surface area contributed by atoms with Crippen LogP contribution in [0.4, 0.5) is 5.82 Å². The van der Waals surface area contributed by atoms with E-state index in [0.29, 0.717) is 6.54 Å². The average Bonchev–Trinajstić information content (AvgIpc) is 2.98. The van der Waals surface area contributed by atoms with Crippen molar-refractivity contribution >= 4 is 5.82 Å². The lowest BCUT2D eigenvalue weighted by molar-refractivity contribution is 0.552. The van der Waals surface area contributed by atoms with Gasteiger partial charge in [-0.25, -0.2) is 9.97 Å². The molecule has 1 aliphatic rings. The monoisotopic (exact) mass is 268 g/mol. The van der Waals surface area contributed by atoms with E-state index in [1.165, 1.54) is 16.8 Å². The van der Waals surface area contributed by atoms with Crippen molar-refractivity contribution in [3.63, 3.8) is 0 Å². The molecule has 3 rings (SSSR count). The van der Waals surface area contributed by atoms with Gasteiger partial charge in [0, 0.05) is 17.8 Å². The molecule has 0 saturated carbocycles. The summed E-state index contributed by atoms with van der Waals surface area (Å²) in [5.41, 5.74) is 9.32. The molecule has 0 spiro atoms. The van der Waals surface area contributed by atoms with Crippen LogP contribution in [0.2, 0.25) is 0 Å². The van der Waals surface area contributed by atoms with E-state index in [0.717, 1.165) is 25.1 Å². The van der Waals surface area contributed by atoms with Gasteiger partial charge >= 0.3 is 0 Å². The molecule has 0 saturated heterocycles. The Balaban J connectivity index is 1.95. The smallest absolute Gasteiger partial charge is 0.133 e. The SMILES string of the molecule is CC(CN)(Nc1ncnc2c1CCC2)c1ccccc1. The molecule has 2 aromatic rings. The van der Waals surface area contributed by atoms with Gasteiger partial charge in [-0.3, -0.25) is 0 Å². The highest BCUT2D eigenvalue weighted by molar-refractivity contribution is 5.51. The number of anilines is 1.